The van der Waals surface area contributed by atoms with Gasteiger partial charge in [0.25, 0.3) is 0 Å². The molecule has 0 fully saturated rings. The standard InChI is InChI=1S/C12H16N2/c1-2-3-10-14-12-6-4-11(5-7-12)8-9-13/h4-7,14H,2-3,8,10H2,1H3. The van der Waals surface area contributed by atoms with Gasteiger partial charge in [-0.15, -0.1) is 0 Å². The summed E-state index contributed by atoms with van der Waals surface area (Å²) in [5.41, 5.74) is 2.22. The van der Waals surface area contributed by atoms with Crippen molar-refractivity contribution in [1.29, 1.82) is 5.26 Å². The van der Waals surface area contributed by atoms with Gasteiger partial charge < -0.3 is 5.32 Å². The highest BCUT2D eigenvalue weighted by molar-refractivity contribution is 5.44. The first-order valence-electron chi connectivity index (χ1n) is 5.06. The third kappa shape index (κ3) is 3.49. The number of nitriles is 1. The minimum absolute atomic E-state index is 0.495. The normalized spacial score (nSPS) is 9.43. The average Bonchev–Trinajstić information content (AvgIpc) is 2.21. The maximum absolute atomic E-state index is 8.50. The molecule has 1 N–H and O–H groups in total. The Morgan fingerprint density at radius 1 is 1.29 bits per heavy atom. The molecule has 0 amide bonds. The third-order valence-electron chi connectivity index (χ3n) is 2.10. The maximum Gasteiger partial charge on any atom is 0.0669 e. The average molecular weight is 188 g/mol. The van der Waals surface area contributed by atoms with Gasteiger partial charge in [0.2, 0.25) is 0 Å². The van der Waals surface area contributed by atoms with Gasteiger partial charge in [0.05, 0.1) is 12.5 Å². The molecule has 0 spiro atoms. The van der Waals surface area contributed by atoms with E-state index >= 15 is 0 Å². The van der Waals surface area contributed by atoms with E-state index in [1.807, 2.05) is 24.3 Å². The highest BCUT2D eigenvalue weighted by Gasteiger charge is 1.92. The van der Waals surface area contributed by atoms with Crippen LogP contribution in [0.1, 0.15) is 25.3 Å². The van der Waals surface area contributed by atoms with Gasteiger partial charge in [-0.25, -0.2) is 0 Å². The monoisotopic (exact) mass is 188 g/mol. The van der Waals surface area contributed by atoms with Crippen LogP contribution in [0.25, 0.3) is 0 Å². The fourth-order valence-corrected chi connectivity index (χ4v) is 1.24. The van der Waals surface area contributed by atoms with Crippen LogP contribution < -0.4 is 5.32 Å². The Morgan fingerprint density at radius 2 is 2.00 bits per heavy atom. The van der Waals surface area contributed by atoms with Gasteiger partial charge in [0.15, 0.2) is 0 Å². The van der Waals surface area contributed by atoms with Crippen molar-refractivity contribution in [3.8, 4) is 6.07 Å². The fraction of sp³-hybridized carbons (Fsp3) is 0.417. The molecule has 0 saturated carbocycles. The lowest BCUT2D eigenvalue weighted by molar-refractivity contribution is 0.834. The largest absolute Gasteiger partial charge is 0.385 e. The molecule has 0 atom stereocenters. The molecule has 0 aliphatic rings. The minimum atomic E-state index is 0.495. The first kappa shape index (κ1) is 10.6. The maximum atomic E-state index is 8.50. The first-order valence-corrected chi connectivity index (χ1v) is 5.06. The van der Waals surface area contributed by atoms with Crippen LogP contribution in [-0.4, -0.2) is 6.54 Å². The van der Waals surface area contributed by atoms with Crippen LogP contribution in [0.15, 0.2) is 24.3 Å². The van der Waals surface area contributed by atoms with E-state index in [0.29, 0.717) is 6.42 Å². The van der Waals surface area contributed by atoms with Gasteiger partial charge in [0.1, 0.15) is 0 Å². The quantitative estimate of drug-likeness (QED) is 0.721. The summed E-state index contributed by atoms with van der Waals surface area (Å²) in [5.74, 6) is 0. The van der Waals surface area contributed by atoms with Crippen molar-refractivity contribution in [1.82, 2.24) is 0 Å². The predicted octanol–water partition coefficient (Wildman–Crippen LogP) is 2.96. The molecular weight excluding hydrogens is 172 g/mol. The van der Waals surface area contributed by atoms with Crippen molar-refractivity contribution in [2.75, 3.05) is 11.9 Å². The fourth-order valence-electron chi connectivity index (χ4n) is 1.24. The lowest BCUT2D eigenvalue weighted by atomic mass is 10.1. The Labute approximate surface area is 85.6 Å². The Hall–Kier alpha value is -1.49. The van der Waals surface area contributed by atoms with Crippen LogP contribution in [0.2, 0.25) is 0 Å². The predicted molar refractivity (Wildman–Crippen MR) is 59.2 cm³/mol. The smallest absolute Gasteiger partial charge is 0.0669 e. The van der Waals surface area contributed by atoms with Crippen LogP contribution >= 0.6 is 0 Å². The lowest BCUT2D eigenvalue weighted by Gasteiger charge is -2.05. The molecule has 0 aromatic heterocycles. The van der Waals surface area contributed by atoms with Gasteiger partial charge in [-0.05, 0) is 24.1 Å². The number of benzene rings is 1. The Balaban J connectivity index is 2.43. The highest BCUT2D eigenvalue weighted by atomic mass is 14.9. The number of anilines is 1. The number of hydrogen-bond donors (Lipinski definition) is 1. The summed E-state index contributed by atoms with van der Waals surface area (Å²) >= 11 is 0. The third-order valence-corrected chi connectivity index (χ3v) is 2.10. The van der Waals surface area contributed by atoms with Crippen LogP contribution in [0, 0.1) is 11.3 Å². The molecule has 2 nitrogen and oxygen atoms in total. The number of nitrogens with one attached hydrogen (secondary N) is 1. The molecule has 74 valence electrons. The van der Waals surface area contributed by atoms with Crippen molar-refractivity contribution >= 4 is 5.69 Å². The number of nitrogens with zero attached hydrogens (tertiary/aromatic N) is 1. The molecular formula is C12H16N2. The SMILES string of the molecule is CCCCNc1ccc(CC#N)cc1. The summed E-state index contributed by atoms with van der Waals surface area (Å²) in [7, 11) is 0. The van der Waals surface area contributed by atoms with Crippen LogP contribution in [0.5, 0.6) is 0 Å². The Bertz CT molecular complexity index is 295. The van der Waals surface area contributed by atoms with Gasteiger partial charge in [-0.2, -0.15) is 5.26 Å². The number of hydrogen-bond acceptors (Lipinski definition) is 2. The summed E-state index contributed by atoms with van der Waals surface area (Å²) < 4.78 is 0. The summed E-state index contributed by atoms with van der Waals surface area (Å²) in [6.07, 6.45) is 2.90. The van der Waals surface area contributed by atoms with E-state index in [1.54, 1.807) is 0 Å². The van der Waals surface area contributed by atoms with Crippen molar-refractivity contribution in [2.45, 2.75) is 26.2 Å². The number of rotatable bonds is 5. The molecule has 1 aromatic carbocycles. The summed E-state index contributed by atoms with van der Waals surface area (Å²) in [5, 5.41) is 11.8. The molecule has 14 heavy (non-hydrogen) atoms. The van der Waals surface area contributed by atoms with E-state index in [1.165, 1.54) is 12.8 Å². The molecule has 0 aliphatic carbocycles. The molecule has 0 aliphatic heterocycles. The van der Waals surface area contributed by atoms with Gasteiger partial charge in [-0.1, -0.05) is 25.5 Å². The van der Waals surface area contributed by atoms with Crippen LogP contribution in [0.4, 0.5) is 5.69 Å². The second kappa shape index (κ2) is 6.04. The molecule has 0 unspecified atom stereocenters. The molecule has 1 rings (SSSR count). The second-order valence-electron chi connectivity index (χ2n) is 3.31. The van der Waals surface area contributed by atoms with E-state index in [9.17, 15) is 0 Å². The van der Waals surface area contributed by atoms with Crippen molar-refractivity contribution in [3.05, 3.63) is 29.8 Å². The lowest BCUT2D eigenvalue weighted by Crippen LogP contribution is -2.00. The van der Waals surface area contributed by atoms with Gasteiger partial charge in [0, 0.05) is 12.2 Å². The van der Waals surface area contributed by atoms with Gasteiger partial charge in [-0.3, -0.25) is 0 Å². The topological polar surface area (TPSA) is 35.8 Å². The highest BCUT2D eigenvalue weighted by Crippen LogP contribution is 2.09. The zero-order valence-electron chi connectivity index (χ0n) is 8.59. The van der Waals surface area contributed by atoms with Crippen molar-refractivity contribution < 1.29 is 0 Å². The minimum Gasteiger partial charge on any atom is -0.385 e. The number of unbranched alkanes of at least 4 members (excludes halogenated alkanes) is 1. The molecule has 1 aromatic rings. The Kier molecular flexibility index (Phi) is 4.57. The van der Waals surface area contributed by atoms with E-state index < -0.39 is 0 Å². The van der Waals surface area contributed by atoms with Crippen molar-refractivity contribution in [2.24, 2.45) is 0 Å². The van der Waals surface area contributed by atoms with Crippen molar-refractivity contribution in [3.63, 3.8) is 0 Å². The molecule has 2 heteroatoms. The Morgan fingerprint density at radius 3 is 2.57 bits per heavy atom. The summed E-state index contributed by atoms with van der Waals surface area (Å²) in [4.78, 5) is 0. The molecule has 0 bridgehead atoms. The van der Waals surface area contributed by atoms with E-state index in [-0.39, 0.29) is 0 Å². The van der Waals surface area contributed by atoms with Gasteiger partial charge >= 0.3 is 0 Å². The van der Waals surface area contributed by atoms with E-state index in [2.05, 4.69) is 18.3 Å². The van der Waals surface area contributed by atoms with E-state index in [4.69, 9.17) is 5.26 Å². The molecule has 0 heterocycles. The molecule has 0 saturated heterocycles. The van der Waals surface area contributed by atoms with Crippen LogP contribution in [-0.2, 0) is 6.42 Å². The zero-order valence-corrected chi connectivity index (χ0v) is 8.59. The first-order chi connectivity index (χ1) is 6.86. The van der Waals surface area contributed by atoms with E-state index in [0.717, 1.165) is 17.8 Å². The molecule has 0 radical (unpaired) electrons. The van der Waals surface area contributed by atoms with Crippen LogP contribution in [0.3, 0.4) is 0 Å². The summed E-state index contributed by atoms with van der Waals surface area (Å²) in [6, 6.07) is 10.2. The zero-order chi connectivity index (χ0) is 10.2. The summed E-state index contributed by atoms with van der Waals surface area (Å²) in [6.45, 7) is 3.20. The second-order valence-corrected chi connectivity index (χ2v) is 3.31.